The first-order valence-electron chi connectivity index (χ1n) is 9.67. The van der Waals surface area contributed by atoms with Crippen LogP contribution >= 0.6 is 12.4 Å². The smallest absolute Gasteiger partial charge is 0.340 e. The second kappa shape index (κ2) is 10.3. The molecule has 5 heteroatoms. The molecule has 3 rings (SSSR count). The number of rotatable bonds is 8. The van der Waals surface area contributed by atoms with Crippen molar-refractivity contribution in [2.24, 2.45) is 0 Å². The van der Waals surface area contributed by atoms with Crippen LogP contribution in [0.3, 0.4) is 0 Å². The van der Waals surface area contributed by atoms with Crippen molar-refractivity contribution in [1.82, 2.24) is 9.88 Å². The van der Waals surface area contributed by atoms with E-state index in [0.29, 0.717) is 5.56 Å². The summed E-state index contributed by atoms with van der Waals surface area (Å²) < 4.78 is 5.57. The third-order valence-corrected chi connectivity index (χ3v) is 5.08. The average molecular weight is 401 g/mol. The summed E-state index contributed by atoms with van der Waals surface area (Å²) >= 11 is 0. The third-order valence-electron chi connectivity index (χ3n) is 5.08. The van der Waals surface area contributed by atoms with Crippen LogP contribution in [0.25, 0.3) is 10.9 Å². The lowest BCUT2D eigenvalue weighted by atomic mass is 10.1. The average Bonchev–Trinajstić information content (AvgIpc) is 3.03. The molecule has 0 radical (unpaired) electrons. The topological polar surface area (TPSA) is 45.3 Å². The number of esters is 1. The largest absolute Gasteiger partial charge is 0.457 e. The summed E-state index contributed by atoms with van der Waals surface area (Å²) in [6.45, 7) is 9.71. The number of H-pyrrole nitrogens is 1. The van der Waals surface area contributed by atoms with E-state index in [2.05, 4.69) is 41.9 Å². The van der Waals surface area contributed by atoms with Crippen molar-refractivity contribution < 1.29 is 9.53 Å². The summed E-state index contributed by atoms with van der Waals surface area (Å²) in [4.78, 5) is 18.4. The third kappa shape index (κ3) is 5.15. The SMILES string of the molecule is CCN(CC)CCc1ccc2[nH]c(C)c(C(=O)OCc3ccccc3)c2c1.Cl. The summed E-state index contributed by atoms with van der Waals surface area (Å²) in [5.74, 6) is -0.275. The second-order valence-corrected chi connectivity index (χ2v) is 6.84. The maximum atomic E-state index is 12.7. The number of halogens is 1. The van der Waals surface area contributed by atoms with E-state index < -0.39 is 0 Å². The maximum Gasteiger partial charge on any atom is 0.340 e. The van der Waals surface area contributed by atoms with Gasteiger partial charge < -0.3 is 14.6 Å². The number of likely N-dealkylation sites (N-methyl/N-ethyl adjacent to an activating group) is 1. The number of aromatic amines is 1. The van der Waals surface area contributed by atoms with Crippen molar-refractivity contribution in [1.29, 1.82) is 0 Å². The number of carbonyl (C=O) groups excluding carboxylic acids is 1. The fourth-order valence-electron chi connectivity index (χ4n) is 3.41. The number of fused-ring (bicyclic) bond motifs is 1. The van der Waals surface area contributed by atoms with Crippen molar-refractivity contribution in [3.8, 4) is 0 Å². The van der Waals surface area contributed by atoms with Crippen LogP contribution in [0.5, 0.6) is 0 Å². The highest BCUT2D eigenvalue weighted by Crippen LogP contribution is 2.25. The van der Waals surface area contributed by atoms with Gasteiger partial charge >= 0.3 is 5.97 Å². The van der Waals surface area contributed by atoms with Crippen molar-refractivity contribution in [2.75, 3.05) is 19.6 Å². The first-order valence-corrected chi connectivity index (χ1v) is 9.67. The van der Waals surface area contributed by atoms with E-state index in [1.54, 1.807) is 0 Å². The first-order chi connectivity index (χ1) is 13.1. The summed E-state index contributed by atoms with van der Waals surface area (Å²) in [6, 6.07) is 16.1. The Morgan fingerprint density at radius 1 is 1.04 bits per heavy atom. The minimum Gasteiger partial charge on any atom is -0.457 e. The molecule has 0 aliphatic carbocycles. The Balaban J connectivity index is 0.00000280. The van der Waals surface area contributed by atoms with Crippen molar-refractivity contribution in [3.63, 3.8) is 0 Å². The minimum atomic E-state index is -0.275. The molecule has 4 nitrogen and oxygen atoms in total. The van der Waals surface area contributed by atoms with Gasteiger partial charge in [-0.15, -0.1) is 12.4 Å². The zero-order valence-corrected chi connectivity index (χ0v) is 17.6. The second-order valence-electron chi connectivity index (χ2n) is 6.84. The summed E-state index contributed by atoms with van der Waals surface area (Å²) in [5, 5.41) is 0.947. The summed E-state index contributed by atoms with van der Waals surface area (Å²) in [7, 11) is 0. The Kier molecular flexibility index (Phi) is 8.09. The van der Waals surface area contributed by atoms with Gasteiger partial charge in [0.05, 0.1) is 5.56 Å². The van der Waals surface area contributed by atoms with Crippen LogP contribution in [0.15, 0.2) is 48.5 Å². The quantitative estimate of drug-likeness (QED) is 0.532. The zero-order chi connectivity index (χ0) is 19.2. The Morgan fingerprint density at radius 3 is 2.43 bits per heavy atom. The summed E-state index contributed by atoms with van der Waals surface area (Å²) in [5.41, 5.74) is 4.70. The number of nitrogens with zero attached hydrogens (tertiary/aromatic N) is 1. The number of hydrogen-bond donors (Lipinski definition) is 1. The highest BCUT2D eigenvalue weighted by atomic mass is 35.5. The van der Waals surface area contributed by atoms with Crippen molar-refractivity contribution in [3.05, 3.63) is 70.9 Å². The Hall–Kier alpha value is -2.30. The van der Waals surface area contributed by atoms with E-state index in [9.17, 15) is 4.79 Å². The fraction of sp³-hybridized carbons (Fsp3) is 0.348. The molecule has 0 aliphatic heterocycles. The predicted molar refractivity (Wildman–Crippen MR) is 117 cm³/mol. The number of nitrogens with one attached hydrogen (secondary N) is 1. The number of aromatic nitrogens is 1. The number of carbonyl (C=O) groups is 1. The van der Waals surface area contributed by atoms with Gasteiger partial charge in [0.25, 0.3) is 0 Å². The van der Waals surface area contributed by atoms with Crippen LogP contribution in [0.1, 0.15) is 41.0 Å². The lowest BCUT2D eigenvalue weighted by Gasteiger charge is -2.17. The van der Waals surface area contributed by atoms with E-state index in [0.717, 1.165) is 48.2 Å². The van der Waals surface area contributed by atoms with Gasteiger partial charge in [-0.3, -0.25) is 0 Å². The molecular weight excluding hydrogens is 372 g/mol. The van der Waals surface area contributed by atoms with Gasteiger partial charge in [-0.25, -0.2) is 4.79 Å². The molecule has 1 aromatic heterocycles. The predicted octanol–water partition coefficient (Wildman–Crippen LogP) is 5.14. The van der Waals surface area contributed by atoms with Crippen LogP contribution < -0.4 is 0 Å². The molecule has 0 saturated carbocycles. The number of ether oxygens (including phenoxy) is 1. The minimum absolute atomic E-state index is 0. The normalized spacial score (nSPS) is 10.9. The van der Waals surface area contributed by atoms with E-state index >= 15 is 0 Å². The molecule has 0 fully saturated rings. The van der Waals surface area contributed by atoms with Crippen LogP contribution in [0.4, 0.5) is 0 Å². The molecule has 28 heavy (non-hydrogen) atoms. The molecule has 1 N–H and O–H groups in total. The molecule has 1 heterocycles. The van der Waals surface area contributed by atoms with E-state index in [-0.39, 0.29) is 25.0 Å². The lowest BCUT2D eigenvalue weighted by molar-refractivity contribution is 0.0474. The molecule has 0 atom stereocenters. The van der Waals surface area contributed by atoms with Gasteiger partial charge in [0.2, 0.25) is 0 Å². The van der Waals surface area contributed by atoms with Crippen molar-refractivity contribution >= 4 is 29.3 Å². The lowest BCUT2D eigenvalue weighted by Crippen LogP contribution is -2.25. The highest BCUT2D eigenvalue weighted by Gasteiger charge is 2.18. The van der Waals surface area contributed by atoms with Crippen LogP contribution in [0, 0.1) is 6.92 Å². The standard InChI is InChI=1S/C23H28N2O2.ClH/c1-4-25(5-2)14-13-18-11-12-21-20(15-18)22(17(3)24-21)23(26)27-16-19-9-7-6-8-10-19;/h6-12,15,24H,4-5,13-14,16H2,1-3H3;1H. The molecule has 0 unspecified atom stereocenters. The van der Waals surface area contributed by atoms with E-state index in [1.165, 1.54) is 5.56 Å². The number of hydrogen-bond acceptors (Lipinski definition) is 3. The number of benzene rings is 2. The Bertz CT molecular complexity index is 902. The Morgan fingerprint density at radius 2 is 1.75 bits per heavy atom. The molecule has 0 saturated heterocycles. The van der Waals surface area contributed by atoms with Crippen LogP contribution in [-0.4, -0.2) is 35.5 Å². The molecule has 0 aliphatic rings. The van der Waals surface area contributed by atoms with Gasteiger partial charge in [0, 0.05) is 23.1 Å². The van der Waals surface area contributed by atoms with Gasteiger partial charge in [0.15, 0.2) is 0 Å². The molecule has 2 aromatic carbocycles. The summed E-state index contributed by atoms with van der Waals surface area (Å²) in [6.07, 6.45) is 0.973. The molecule has 0 bridgehead atoms. The maximum absolute atomic E-state index is 12.7. The Labute approximate surface area is 173 Å². The molecule has 0 amide bonds. The van der Waals surface area contributed by atoms with Crippen LogP contribution in [0.2, 0.25) is 0 Å². The fourth-order valence-corrected chi connectivity index (χ4v) is 3.41. The molecule has 3 aromatic rings. The van der Waals surface area contributed by atoms with Gasteiger partial charge in [-0.1, -0.05) is 50.2 Å². The first kappa shape index (κ1) is 22.0. The van der Waals surface area contributed by atoms with Crippen molar-refractivity contribution in [2.45, 2.75) is 33.8 Å². The molecule has 0 spiro atoms. The number of aryl methyl sites for hydroxylation is 1. The highest BCUT2D eigenvalue weighted by molar-refractivity contribution is 6.05. The van der Waals surface area contributed by atoms with E-state index in [1.807, 2.05) is 37.3 Å². The zero-order valence-electron chi connectivity index (χ0n) is 16.8. The monoisotopic (exact) mass is 400 g/mol. The van der Waals surface area contributed by atoms with E-state index in [4.69, 9.17) is 4.74 Å². The van der Waals surface area contributed by atoms with Gasteiger partial charge in [-0.05, 0) is 49.7 Å². The molecule has 150 valence electrons. The molecular formula is C23H29ClN2O2. The van der Waals surface area contributed by atoms with Gasteiger partial charge in [-0.2, -0.15) is 0 Å². The van der Waals surface area contributed by atoms with Gasteiger partial charge in [0.1, 0.15) is 6.61 Å². The van der Waals surface area contributed by atoms with Crippen LogP contribution in [-0.2, 0) is 17.8 Å².